The lowest BCUT2D eigenvalue weighted by molar-refractivity contribution is -0.137. The zero-order valence-corrected chi connectivity index (χ0v) is 10.1. The summed E-state index contributed by atoms with van der Waals surface area (Å²) in [6, 6.07) is 0. The van der Waals surface area contributed by atoms with Crippen molar-refractivity contribution in [2.24, 2.45) is 0 Å². The van der Waals surface area contributed by atoms with E-state index in [0.717, 1.165) is 19.3 Å². The van der Waals surface area contributed by atoms with Crippen molar-refractivity contribution in [1.29, 1.82) is 0 Å². The predicted octanol–water partition coefficient (Wildman–Crippen LogP) is 3.86. The third-order valence-corrected chi connectivity index (χ3v) is 2.22. The van der Waals surface area contributed by atoms with Crippen LogP contribution in [-0.4, -0.2) is 12.6 Å². The average Bonchev–Trinajstić information content (AvgIpc) is 2.23. The highest BCUT2D eigenvalue weighted by Crippen LogP contribution is 2.02. The number of hydrogen-bond acceptors (Lipinski definition) is 2. The van der Waals surface area contributed by atoms with Gasteiger partial charge >= 0.3 is 5.97 Å². The monoisotopic (exact) mass is 212 g/mol. The fraction of sp³-hybridized carbons (Fsp3) is 0.769. The predicted molar refractivity (Wildman–Crippen MR) is 63.8 cm³/mol. The van der Waals surface area contributed by atoms with Crippen LogP contribution >= 0.6 is 0 Å². The van der Waals surface area contributed by atoms with E-state index in [-0.39, 0.29) is 5.97 Å². The van der Waals surface area contributed by atoms with E-state index in [1.807, 2.05) is 6.08 Å². The second-order valence-electron chi connectivity index (χ2n) is 3.77. The highest BCUT2D eigenvalue weighted by molar-refractivity contribution is 5.81. The second kappa shape index (κ2) is 11.3. The Morgan fingerprint density at radius 3 is 2.47 bits per heavy atom. The smallest absolute Gasteiger partial charge is 0.330 e. The molecule has 0 amide bonds. The largest absolute Gasteiger partial charge is 0.463 e. The van der Waals surface area contributed by atoms with Gasteiger partial charge in [0.1, 0.15) is 0 Å². The first-order chi connectivity index (χ1) is 7.31. The van der Waals surface area contributed by atoms with Gasteiger partial charge < -0.3 is 4.74 Å². The Morgan fingerprint density at radius 1 is 1.07 bits per heavy atom. The van der Waals surface area contributed by atoms with Crippen LogP contribution in [-0.2, 0) is 9.53 Å². The van der Waals surface area contributed by atoms with E-state index in [0.29, 0.717) is 6.61 Å². The molecule has 0 bridgehead atoms. The van der Waals surface area contributed by atoms with Gasteiger partial charge in [-0.1, -0.05) is 45.6 Å². The van der Waals surface area contributed by atoms with Gasteiger partial charge in [-0.05, 0) is 19.3 Å². The zero-order valence-electron chi connectivity index (χ0n) is 10.1. The molecule has 15 heavy (non-hydrogen) atoms. The fourth-order valence-corrected chi connectivity index (χ4v) is 1.23. The highest BCUT2D eigenvalue weighted by Gasteiger charge is 1.94. The molecule has 0 aromatic rings. The molecule has 0 rings (SSSR count). The van der Waals surface area contributed by atoms with E-state index in [1.165, 1.54) is 25.7 Å². The third kappa shape index (κ3) is 11.1. The van der Waals surface area contributed by atoms with Gasteiger partial charge in [0.2, 0.25) is 0 Å². The number of carbonyl (C=O) groups is 1. The molecule has 0 aromatic heterocycles. The van der Waals surface area contributed by atoms with Gasteiger partial charge in [-0.2, -0.15) is 0 Å². The molecule has 0 radical (unpaired) electrons. The van der Waals surface area contributed by atoms with Crippen LogP contribution in [0.15, 0.2) is 12.2 Å². The zero-order chi connectivity index (χ0) is 11.4. The molecule has 0 atom stereocenters. The van der Waals surface area contributed by atoms with E-state index in [4.69, 9.17) is 4.74 Å². The van der Waals surface area contributed by atoms with Gasteiger partial charge in [-0.3, -0.25) is 0 Å². The average molecular weight is 212 g/mol. The Kier molecular flexibility index (Phi) is 10.7. The number of esters is 1. The van der Waals surface area contributed by atoms with Crippen molar-refractivity contribution in [3.05, 3.63) is 12.2 Å². The van der Waals surface area contributed by atoms with E-state index < -0.39 is 0 Å². The normalized spacial score (nSPS) is 10.8. The molecular formula is C13H24O2. The Bertz CT molecular complexity index is 173. The summed E-state index contributed by atoms with van der Waals surface area (Å²) in [6.45, 7) is 4.83. The molecule has 2 heteroatoms. The first-order valence-corrected chi connectivity index (χ1v) is 6.14. The molecule has 0 aliphatic heterocycles. The lowest BCUT2D eigenvalue weighted by atomic mass is 10.1. The van der Waals surface area contributed by atoms with Crippen LogP contribution in [0.1, 0.15) is 58.8 Å². The molecule has 88 valence electrons. The SMILES string of the molecule is CCCCCCC=CC(=O)OCCCC. The standard InChI is InChI=1S/C13H24O2/c1-3-5-7-8-9-10-11-13(14)15-12-6-4-2/h10-11H,3-9,12H2,1-2H3. The van der Waals surface area contributed by atoms with Crippen molar-refractivity contribution in [1.82, 2.24) is 0 Å². The number of ether oxygens (including phenoxy) is 1. The van der Waals surface area contributed by atoms with Crippen LogP contribution in [0, 0.1) is 0 Å². The van der Waals surface area contributed by atoms with Gasteiger partial charge in [0, 0.05) is 6.08 Å². The lowest BCUT2D eigenvalue weighted by Gasteiger charge is -1.99. The van der Waals surface area contributed by atoms with E-state index in [9.17, 15) is 4.79 Å². The van der Waals surface area contributed by atoms with Crippen molar-refractivity contribution >= 4 is 5.97 Å². The molecule has 0 spiro atoms. The minimum absolute atomic E-state index is 0.195. The molecule has 0 aliphatic rings. The third-order valence-electron chi connectivity index (χ3n) is 2.22. The Hall–Kier alpha value is -0.790. The highest BCUT2D eigenvalue weighted by atomic mass is 16.5. The topological polar surface area (TPSA) is 26.3 Å². The van der Waals surface area contributed by atoms with E-state index >= 15 is 0 Å². The summed E-state index contributed by atoms with van der Waals surface area (Å²) in [7, 11) is 0. The summed E-state index contributed by atoms with van der Waals surface area (Å²) in [5, 5.41) is 0. The number of unbranched alkanes of at least 4 members (excludes halogenated alkanes) is 5. The molecule has 0 saturated heterocycles. The summed E-state index contributed by atoms with van der Waals surface area (Å²) in [6.07, 6.45) is 11.5. The van der Waals surface area contributed by atoms with Crippen LogP contribution in [0.25, 0.3) is 0 Å². The Labute approximate surface area is 93.7 Å². The molecule has 0 aliphatic carbocycles. The first-order valence-electron chi connectivity index (χ1n) is 6.14. The summed E-state index contributed by atoms with van der Waals surface area (Å²) in [5.74, 6) is -0.195. The molecule has 0 N–H and O–H groups in total. The number of hydrogen-bond donors (Lipinski definition) is 0. The van der Waals surface area contributed by atoms with Gasteiger partial charge in [0.15, 0.2) is 0 Å². The Balaban J connectivity index is 3.30. The van der Waals surface area contributed by atoms with E-state index in [1.54, 1.807) is 6.08 Å². The summed E-state index contributed by atoms with van der Waals surface area (Å²) in [4.78, 5) is 11.1. The van der Waals surface area contributed by atoms with Crippen molar-refractivity contribution < 1.29 is 9.53 Å². The van der Waals surface area contributed by atoms with Crippen LogP contribution in [0.3, 0.4) is 0 Å². The maximum atomic E-state index is 11.1. The molecule has 2 nitrogen and oxygen atoms in total. The number of allylic oxidation sites excluding steroid dienone is 1. The first kappa shape index (κ1) is 14.2. The van der Waals surface area contributed by atoms with Gasteiger partial charge in [0.25, 0.3) is 0 Å². The Morgan fingerprint density at radius 2 is 1.80 bits per heavy atom. The molecule has 0 saturated carbocycles. The quantitative estimate of drug-likeness (QED) is 0.329. The molecule has 0 heterocycles. The summed E-state index contributed by atoms with van der Waals surface area (Å²) >= 11 is 0. The van der Waals surface area contributed by atoms with Crippen LogP contribution in [0.2, 0.25) is 0 Å². The van der Waals surface area contributed by atoms with Crippen molar-refractivity contribution in [2.45, 2.75) is 58.8 Å². The minimum Gasteiger partial charge on any atom is -0.463 e. The number of carbonyl (C=O) groups excluding carboxylic acids is 1. The van der Waals surface area contributed by atoms with Gasteiger partial charge in [-0.25, -0.2) is 4.79 Å². The lowest BCUT2D eigenvalue weighted by Crippen LogP contribution is -2.01. The molecule has 0 fully saturated rings. The molecule has 0 aromatic carbocycles. The van der Waals surface area contributed by atoms with Crippen LogP contribution in [0.4, 0.5) is 0 Å². The second-order valence-corrected chi connectivity index (χ2v) is 3.77. The van der Waals surface area contributed by atoms with Crippen LogP contribution in [0.5, 0.6) is 0 Å². The molecular weight excluding hydrogens is 188 g/mol. The van der Waals surface area contributed by atoms with Gasteiger partial charge in [0.05, 0.1) is 6.61 Å². The van der Waals surface area contributed by atoms with Crippen molar-refractivity contribution in [2.75, 3.05) is 6.61 Å². The maximum Gasteiger partial charge on any atom is 0.330 e. The van der Waals surface area contributed by atoms with Crippen molar-refractivity contribution in [3.63, 3.8) is 0 Å². The molecule has 0 unspecified atom stereocenters. The number of rotatable bonds is 9. The minimum atomic E-state index is -0.195. The maximum absolute atomic E-state index is 11.1. The fourth-order valence-electron chi connectivity index (χ4n) is 1.23. The van der Waals surface area contributed by atoms with Crippen molar-refractivity contribution in [3.8, 4) is 0 Å². The summed E-state index contributed by atoms with van der Waals surface area (Å²) in [5.41, 5.74) is 0. The van der Waals surface area contributed by atoms with E-state index in [2.05, 4.69) is 13.8 Å². The van der Waals surface area contributed by atoms with Gasteiger partial charge in [-0.15, -0.1) is 0 Å². The van der Waals surface area contributed by atoms with Crippen LogP contribution < -0.4 is 0 Å². The summed E-state index contributed by atoms with van der Waals surface area (Å²) < 4.78 is 4.98.